The van der Waals surface area contributed by atoms with Gasteiger partial charge in [0.25, 0.3) is 0 Å². The Bertz CT molecular complexity index is 1170. The summed E-state index contributed by atoms with van der Waals surface area (Å²) in [5.41, 5.74) is 2.44. The molecule has 1 N–H and O–H groups in total. The lowest BCUT2D eigenvalue weighted by molar-refractivity contribution is 0.276. The quantitative estimate of drug-likeness (QED) is 0.458. The average molecular weight is 403 g/mol. The number of rotatable bonds is 9. The second kappa shape index (κ2) is 9.22. The first-order valence-corrected chi connectivity index (χ1v) is 9.94. The van der Waals surface area contributed by atoms with Gasteiger partial charge in [-0.05, 0) is 36.4 Å². The first kappa shape index (κ1) is 19.6. The zero-order chi connectivity index (χ0) is 20.8. The third kappa shape index (κ3) is 4.17. The summed E-state index contributed by atoms with van der Waals surface area (Å²) in [6.07, 6.45) is 0. The van der Waals surface area contributed by atoms with Crippen LogP contribution in [0.25, 0.3) is 11.0 Å². The van der Waals surface area contributed by atoms with Crippen LogP contribution < -0.4 is 19.8 Å². The topological polar surface area (TPSA) is 61.4 Å². The number of aromatic nitrogens is 2. The summed E-state index contributed by atoms with van der Waals surface area (Å²) < 4.78 is 21.0. The monoisotopic (exact) mass is 403 g/mol. The van der Waals surface area contributed by atoms with Crippen molar-refractivity contribution in [2.45, 2.75) is 13.1 Å². The molecule has 6 heteroatoms. The van der Waals surface area contributed by atoms with Crippen molar-refractivity contribution >= 4 is 11.0 Å². The van der Waals surface area contributed by atoms with Crippen LogP contribution >= 0.6 is 0 Å². The highest BCUT2D eigenvalue weighted by Gasteiger charge is 2.11. The van der Waals surface area contributed by atoms with E-state index in [9.17, 15) is 0 Å². The van der Waals surface area contributed by atoms with E-state index in [2.05, 4.69) is 0 Å². The number of nitrogens with zero attached hydrogens (tertiary/aromatic N) is 2. The van der Waals surface area contributed by atoms with Gasteiger partial charge in [-0.2, -0.15) is 0 Å². The van der Waals surface area contributed by atoms with Crippen LogP contribution in [0.15, 0.2) is 78.9 Å². The minimum Gasteiger partial charge on any atom is -0.493 e. The summed E-state index contributed by atoms with van der Waals surface area (Å²) in [6, 6.07) is 25.4. The molecule has 154 valence electrons. The molecule has 4 aromatic rings. The SMILES string of the molecule is COc1ccccc1OCCn1c(=N)n(CCOc2ccccc2)c2ccccc21. The van der Waals surface area contributed by atoms with Gasteiger partial charge in [-0.1, -0.05) is 42.5 Å². The Balaban J connectivity index is 1.49. The molecule has 0 atom stereocenters. The van der Waals surface area contributed by atoms with Gasteiger partial charge in [-0.3, -0.25) is 5.41 Å². The van der Waals surface area contributed by atoms with E-state index in [4.69, 9.17) is 19.6 Å². The second-order valence-corrected chi connectivity index (χ2v) is 6.78. The fourth-order valence-electron chi connectivity index (χ4n) is 3.50. The van der Waals surface area contributed by atoms with Crippen molar-refractivity contribution in [3.63, 3.8) is 0 Å². The molecule has 0 aliphatic rings. The highest BCUT2D eigenvalue weighted by Crippen LogP contribution is 2.25. The van der Waals surface area contributed by atoms with E-state index in [0.717, 1.165) is 16.8 Å². The van der Waals surface area contributed by atoms with Gasteiger partial charge in [-0.15, -0.1) is 0 Å². The van der Waals surface area contributed by atoms with E-state index in [1.54, 1.807) is 7.11 Å². The highest BCUT2D eigenvalue weighted by molar-refractivity contribution is 5.75. The highest BCUT2D eigenvalue weighted by atomic mass is 16.5. The maximum absolute atomic E-state index is 8.71. The number of imidazole rings is 1. The summed E-state index contributed by atoms with van der Waals surface area (Å²) in [5.74, 6) is 2.24. The Hall–Kier alpha value is -3.67. The fourth-order valence-corrected chi connectivity index (χ4v) is 3.50. The van der Waals surface area contributed by atoms with Gasteiger partial charge in [0.2, 0.25) is 5.62 Å². The van der Waals surface area contributed by atoms with Crippen LogP contribution in [0.2, 0.25) is 0 Å². The molecular weight excluding hydrogens is 378 g/mol. The molecule has 0 bridgehead atoms. The molecule has 1 aromatic heterocycles. The van der Waals surface area contributed by atoms with Crippen molar-refractivity contribution in [1.82, 2.24) is 9.13 Å². The molecule has 4 rings (SSSR count). The average Bonchev–Trinajstić information content (AvgIpc) is 3.06. The van der Waals surface area contributed by atoms with Crippen molar-refractivity contribution in [2.24, 2.45) is 0 Å². The van der Waals surface area contributed by atoms with Crippen molar-refractivity contribution in [3.8, 4) is 17.2 Å². The van der Waals surface area contributed by atoms with Crippen LogP contribution in [-0.2, 0) is 13.1 Å². The van der Waals surface area contributed by atoms with E-state index >= 15 is 0 Å². The van der Waals surface area contributed by atoms with E-state index in [0.29, 0.717) is 43.4 Å². The maximum atomic E-state index is 8.71. The largest absolute Gasteiger partial charge is 0.493 e. The van der Waals surface area contributed by atoms with Crippen molar-refractivity contribution in [3.05, 3.63) is 84.5 Å². The zero-order valence-corrected chi connectivity index (χ0v) is 17.0. The van der Waals surface area contributed by atoms with Gasteiger partial charge in [0, 0.05) is 0 Å². The van der Waals surface area contributed by atoms with E-state index < -0.39 is 0 Å². The van der Waals surface area contributed by atoms with Crippen molar-refractivity contribution in [2.75, 3.05) is 20.3 Å². The van der Waals surface area contributed by atoms with Crippen LogP contribution in [0, 0.1) is 5.41 Å². The van der Waals surface area contributed by atoms with Gasteiger partial charge >= 0.3 is 0 Å². The number of benzene rings is 3. The Labute approximate surface area is 175 Å². The van der Waals surface area contributed by atoms with Gasteiger partial charge in [0.05, 0.1) is 31.2 Å². The second-order valence-electron chi connectivity index (χ2n) is 6.78. The normalized spacial score (nSPS) is 10.8. The molecule has 30 heavy (non-hydrogen) atoms. The predicted molar refractivity (Wildman–Crippen MR) is 116 cm³/mol. The molecule has 0 unspecified atom stereocenters. The molecule has 0 aliphatic heterocycles. The first-order valence-electron chi connectivity index (χ1n) is 9.94. The summed E-state index contributed by atoms with van der Waals surface area (Å²) in [7, 11) is 1.63. The molecule has 0 aliphatic carbocycles. The lowest BCUT2D eigenvalue weighted by Gasteiger charge is -2.11. The molecule has 0 radical (unpaired) electrons. The molecule has 3 aromatic carbocycles. The minimum atomic E-state index is 0.427. The van der Waals surface area contributed by atoms with Crippen LogP contribution in [0.4, 0.5) is 0 Å². The van der Waals surface area contributed by atoms with Gasteiger partial charge in [0.1, 0.15) is 19.0 Å². The van der Waals surface area contributed by atoms with Crippen LogP contribution in [-0.4, -0.2) is 29.5 Å². The van der Waals surface area contributed by atoms with Crippen molar-refractivity contribution < 1.29 is 14.2 Å². The molecule has 6 nitrogen and oxygen atoms in total. The number of methoxy groups -OCH3 is 1. The predicted octanol–water partition coefficient (Wildman–Crippen LogP) is 4.09. The van der Waals surface area contributed by atoms with Crippen LogP contribution in [0.5, 0.6) is 17.2 Å². The zero-order valence-electron chi connectivity index (χ0n) is 17.0. The number of ether oxygens (including phenoxy) is 3. The standard InChI is InChI=1S/C24H25N3O3/c1-28-22-13-7-8-14-23(22)30-18-16-27-21-12-6-5-11-20(21)26(24(27)25)15-17-29-19-9-3-2-4-10-19/h2-14,25H,15-18H2,1H3. The fraction of sp³-hybridized carbons (Fsp3) is 0.208. The Morgan fingerprint density at radius 1 is 0.667 bits per heavy atom. The van der Waals surface area contributed by atoms with Crippen LogP contribution in [0.3, 0.4) is 0 Å². The Kier molecular flexibility index (Phi) is 6.03. The number of hydrogen-bond acceptors (Lipinski definition) is 4. The van der Waals surface area contributed by atoms with Crippen molar-refractivity contribution in [1.29, 1.82) is 5.41 Å². The molecular formula is C24H25N3O3. The third-order valence-electron chi connectivity index (χ3n) is 4.94. The molecule has 1 heterocycles. The van der Waals surface area contributed by atoms with Gasteiger partial charge in [-0.25, -0.2) is 0 Å². The summed E-state index contributed by atoms with van der Waals surface area (Å²) in [4.78, 5) is 0. The van der Waals surface area contributed by atoms with E-state index in [1.807, 2.05) is 88.0 Å². The van der Waals surface area contributed by atoms with Crippen LogP contribution in [0.1, 0.15) is 0 Å². The number of nitrogens with one attached hydrogen (secondary N) is 1. The first-order chi connectivity index (χ1) is 14.8. The lowest BCUT2D eigenvalue weighted by Crippen LogP contribution is -2.28. The summed E-state index contributed by atoms with van der Waals surface area (Å²) >= 11 is 0. The molecule has 0 fully saturated rings. The van der Waals surface area contributed by atoms with Gasteiger partial charge < -0.3 is 23.3 Å². The Morgan fingerprint density at radius 2 is 1.20 bits per heavy atom. The Morgan fingerprint density at radius 3 is 1.83 bits per heavy atom. The molecule has 0 saturated heterocycles. The number of hydrogen-bond donors (Lipinski definition) is 1. The van der Waals surface area contributed by atoms with E-state index in [1.165, 1.54) is 0 Å². The van der Waals surface area contributed by atoms with E-state index in [-0.39, 0.29) is 0 Å². The lowest BCUT2D eigenvalue weighted by atomic mass is 10.3. The number of para-hydroxylation sites is 5. The third-order valence-corrected chi connectivity index (χ3v) is 4.94. The number of fused-ring (bicyclic) bond motifs is 1. The van der Waals surface area contributed by atoms with Gasteiger partial charge in [0.15, 0.2) is 11.5 Å². The molecule has 0 amide bonds. The summed E-state index contributed by atoms with van der Waals surface area (Å²) in [5, 5.41) is 8.71. The molecule has 0 spiro atoms. The maximum Gasteiger partial charge on any atom is 0.203 e. The summed E-state index contributed by atoms with van der Waals surface area (Å²) in [6.45, 7) is 2.08. The molecule has 0 saturated carbocycles. The minimum absolute atomic E-state index is 0.427. The smallest absolute Gasteiger partial charge is 0.203 e.